The Balaban J connectivity index is 1.56. The molecule has 0 aliphatic carbocycles. The van der Waals surface area contributed by atoms with Gasteiger partial charge in [0.05, 0.1) is 24.4 Å². The van der Waals surface area contributed by atoms with Gasteiger partial charge in [0.1, 0.15) is 11.9 Å². The van der Waals surface area contributed by atoms with Crippen LogP contribution in [0.2, 0.25) is 0 Å². The number of methoxy groups -OCH3 is 1. The molecule has 0 saturated carbocycles. The Morgan fingerprint density at radius 2 is 1.80 bits per heavy atom. The van der Waals surface area contributed by atoms with Crippen LogP contribution in [-0.4, -0.2) is 42.2 Å². The van der Waals surface area contributed by atoms with Crippen LogP contribution < -0.4 is 10.1 Å². The number of rotatable bonds is 6. The number of ether oxygens (including phenoxy) is 2. The van der Waals surface area contributed by atoms with Gasteiger partial charge in [-0.05, 0) is 77.4 Å². The highest BCUT2D eigenvalue weighted by Crippen LogP contribution is 2.44. The summed E-state index contributed by atoms with van der Waals surface area (Å²) in [6.45, 7) is 19.1. The van der Waals surface area contributed by atoms with E-state index in [2.05, 4.69) is 87.6 Å². The lowest BCUT2D eigenvalue weighted by Crippen LogP contribution is -2.55. The van der Waals surface area contributed by atoms with Gasteiger partial charge in [-0.3, -0.25) is 15.2 Å². The summed E-state index contributed by atoms with van der Waals surface area (Å²) in [4.78, 5) is 21.1. The van der Waals surface area contributed by atoms with Gasteiger partial charge < -0.3 is 9.47 Å². The average molecular weight is 556 g/mol. The van der Waals surface area contributed by atoms with E-state index in [-0.39, 0.29) is 16.9 Å². The number of anilines is 1. The molecule has 3 aromatic rings. The second kappa shape index (κ2) is 11.1. The Morgan fingerprint density at radius 3 is 2.39 bits per heavy atom. The Hall–Kier alpha value is -3.38. The van der Waals surface area contributed by atoms with Crippen LogP contribution in [0.5, 0.6) is 5.75 Å². The number of para-hydroxylation sites is 1. The first-order valence-corrected chi connectivity index (χ1v) is 14.8. The molecule has 5 atom stereocenters. The Kier molecular flexibility index (Phi) is 7.90. The second-order valence-corrected chi connectivity index (χ2v) is 13.7. The fourth-order valence-electron chi connectivity index (χ4n) is 6.75. The van der Waals surface area contributed by atoms with Crippen LogP contribution in [0.25, 0.3) is 10.9 Å². The summed E-state index contributed by atoms with van der Waals surface area (Å²) in [6.07, 6.45) is 5.10. The van der Waals surface area contributed by atoms with Gasteiger partial charge in [-0.1, -0.05) is 65.8 Å². The minimum absolute atomic E-state index is 0.0625. The van der Waals surface area contributed by atoms with Gasteiger partial charge in [-0.25, -0.2) is 4.79 Å². The number of aromatic nitrogens is 1. The third-order valence-corrected chi connectivity index (χ3v) is 8.93. The summed E-state index contributed by atoms with van der Waals surface area (Å²) >= 11 is 0. The zero-order valence-electron chi connectivity index (χ0n) is 25.7. The molecule has 1 unspecified atom stereocenters. The highest BCUT2D eigenvalue weighted by atomic mass is 16.6. The van der Waals surface area contributed by atoms with Gasteiger partial charge >= 0.3 is 6.09 Å². The molecule has 3 aliphatic rings. The molecule has 218 valence electrons. The third-order valence-electron chi connectivity index (χ3n) is 8.93. The number of nitrogens with one attached hydrogen (secondary N) is 1. The van der Waals surface area contributed by atoms with Crippen molar-refractivity contribution in [3.8, 4) is 5.75 Å². The summed E-state index contributed by atoms with van der Waals surface area (Å²) in [5, 5.41) is 4.17. The number of carbonyl (C=O) groups excluding carboxylic acids is 1. The average Bonchev–Trinajstić information content (AvgIpc) is 2.94. The summed E-state index contributed by atoms with van der Waals surface area (Å²) in [5.74, 6) is 1.76. The van der Waals surface area contributed by atoms with Crippen molar-refractivity contribution >= 4 is 22.7 Å². The SMILES string of the molecule is C=C[C@H]1CN2CC[C@H]1C[C@@H]2[C@@H](OC(=O)Nc1c(C(C)(C)C)cccc1C(C)(C)C)c1ccnc2ccc(OC)cc12. The van der Waals surface area contributed by atoms with Crippen LogP contribution in [0.15, 0.2) is 61.3 Å². The second-order valence-electron chi connectivity index (χ2n) is 13.7. The van der Waals surface area contributed by atoms with E-state index >= 15 is 0 Å². The van der Waals surface area contributed by atoms with Gasteiger partial charge in [0.25, 0.3) is 0 Å². The molecule has 0 spiro atoms. The molecule has 2 aromatic carbocycles. The van der Waals surface area contributed by atoms with Crippen molar-refractivity contribution in [3.63, 3.8) is 0 Å². The van der Waals surface area contributed by atoms with E-state index in [4.69, 9.17) is 9.47 Å². The predicted molar refractivity (Wildman–Crippen MR) is 167 cm³/mol. The van der Waals surface area contributed by atoms with E-state index in [9.17, 15) is 4.79 Å². The first-order valence-electron chi connectivity index (χ1n) is 14.8. The maximum absolute atomic E-state index is 14.0. The fourth-order valence-corrected chi connectivity index (χ4v) is 6.75. The van der Waals surface area contributed by atoms with Crippen molar-refractivity contribution in [2.24, 2.45) is 11.8 Å². The lowest BCUT2D eigenvalue weighted by atomic mass is 9.73. The number of amides is 1. The van der Waals surface area contributed by atoms with E-state index in [1.807, 2.05) is 30.5 Å². The first kappa shape index (κ1) is 29.1. The van der Waals surface area contributed by atoms with E-state index in [0.717, 1.165) is 65.0 Å². The minimum atomic E-state index is -0.471. The van der Waals surface area contributed by atoms with Gasteiger partial charge in [0.15, 0.2) is 0 Å². The molecule has 1 N–H and O–H groups in total. The van der Waals surface area contributed by atoms with Crippen molar-refractivity contribution in [2.75, 3.05) is 25.5 Å². The maximum atomic E-state index is 14.0. The van der Waals surface area contributed by atoms with Gasteiger partial charge in [-0.15, -0.1) is 6.58 Å². The molecule has 3 aliphatic heterocycles. The lowest BCUT2D eigenvalue weighted by Gasteiger charge is -2.51. The van der Waals surface area contributed by atoms with E-state index < -0.39 is 12.2 Å². The molecule has 6 nitrogen and oxygen atoms in total. The summed E-state index contributed by atoms with van der Waals surface area (Å²) in [6, 6.07) is 14.2. The number of nitrogens with zero attached hydrogens (tertiary/aromatic N) is 2. The van der Waals surface area contributed by atoms with Crippen molar-refractivity contribution < 1.29 is 14.3 Å². The topological polar surface area (TPSA) is 63.7 Å². The number of piperidine rings is 3. The molecule has 1 amide bonds. The molecule has 3 saturated heterocycles. The molecule has 1 aromatic heterocycles. The highest BCUT2D eigenvalue weighted by Gasteiger charge is 2.44. The monoisotopic (exact) mass is 555 g/mol. The maximum Gasteiger partial charge on any atom is 0.412 e. The zero-order valence-corrected chi connectivity index (χ0v) is 25.7. The van der Waals surface area contributed by atoms with Crippen LogP contribution in [0, 0.1) is 11.8 Å². The first-order chi connectivity index (χ1) is 19.4. The molecule has 6 heteroatoms. The highest BCUT2D eigenvalue weighted by molar-refractivity contribution is 5.89. The van der Waals surface area contributed by atoms with E-state index in [0.29, 0.717) is 11.8 Å². The number of fused-ring (bicyclic) bond motifs is 4. The molecule has 41 heavy (non-hydrogen) atoms. The molecular formula is C35H45N3O3. The summed E-state index contributed by atoms with van der Waals surface area (Å²) < 4.78 is 12.1. The van der Waals surface area contributed by atoms with Crippen molar-refractivity contribution in [1.29, 1.82) is 0 Å². The standard InChI is InChI=1S/C35H45N3O3/c1-9-22-21-38-18-16-23(22)19-30(38)32(25-15-17-36-29-14-13-24(40-8)20-26(25)29)41-33(39)37-31-27(34(2,3)4)11-10-12-28(31)35(5,6)7/h9-15,17,20,22-23,30,32H,1,16,18-19,21H2,2-8H3,(H,37,39)/t22-,23-,30+,32-/m0/s1. The third kappa shape index (κ3) is 5.85. The predicted octanol–water partition coefficient (Wildman–Crippen LogP) is 8.02. The molecule has 0 radical (unpaired) electrons. The molecular weight excluding hydrogens is 510 g/mol. The van der Waals surface area contributed by atoms with Gasteiger partial charge in [-0.2, -0.15) is 0 Å². The molecule has 6 rings (SSSR count). The van der Waals surface area contributed by atoms with Crippen LogP contribution in [-0.2, 0) is 15.6 Å². The van der Waals surface area contributed by atoms with Gasteiger partial charge in [0, 0.05) is 23.7 Å². The molecule has 2 bridgehead atoms. The van der Waals surface area contributed by atoms with E-state index in [1.54, 1.807) is 7.11 Å². The van der Waals surface area contributed by atoms with Crippen molar-refractivity contribution in [2.45, 2.75) is 77.4 Å². The van der Waals surface area contributed by atoms with Crippen LogP contribution >= 0.6 is 0 Å². The number of hydrogen-bond acceptors (Lipinski definition) is 5. The van der Waals surface area contributed by atoms with Crippen LogP contribution in [0.4, 0.5) is 10.5 Å². The fraction of sp³-hybridized carbons (Fsp3) is 0.486. The quantitative estimate of drug-likeness (QED) is 0.312. The summed E-state index contributed by atoms with van der Waals surface area (Å²) in [5.41, 5.74) is 4.51. The zero-order chi connectivity index (χ0) is 29.5. The summed E-state index contributed by atoms with van der Waals surface area (Å²) in [7, 11) is 1.67. The Morgan fingerprint density at radius 1 is 1.10 bits per heavy atom. The van der Waals surface area contributed by atoms with Crippen molar-refractivity contribution in [3.05, 3.63) is 78.0 Å². The smallest absolute Gasteiger partial charge is 0.412 e. The number of pyridine rings is 1. The normalized spacial score (nSPS) is 23.2. The molecule has 3 fully saturated rings. The Labute approximate surface area is 245 Å². The van der Waals surface area contributed by atoms with E-state index in [1.165, 1.54) is 0 Å². The van der Waals surface area contributed by atoms with Crippen LogP contribution in [0.3, 0.4) is 0 Å². The number of benzene rings is 2. The van der Waals surface area contributed by atoms with Crippen molar-refractivity contribution in [1.82, 2.24) is 9.88 Å². The molecule has 4 heterocycles. The Bertz CT molecular complexity index is 1400. The number of carbonyl (C=O) groups is 1. The lowest BCUT2D eigenvalue weighted by molar-refractivity contribution is -0.0473. The minimum Gasteiger partial charge on any atom is -0.497 e. The van der Waals surface area contributed by atoms with Gasteiger partial charge in [0.2, 0.25) is 0 Å². The number of hydrogen-bond donors (Lipinski definition) is 1. The van der Waals surface area contributed by atoms with Crippen LogP contribution in [0.1, 0.15) is 77.2 Å². The largest absolute Gasteiger partial charge is 0.497 e.